The smallest absolute Gasteiger partial charge is 0.191 e. The molecule has 2 N–H and O–H groups in total. The fraction of sp³-hybridized carbons (Fsp3) is 0.250. The van der Waals surface area contributed by atoms with E-state index in [-0.39, 0.29) is 29.8 Å². The Morgan fingerprint density at radius 3 is 2.65 bits per heavy atom. The molecule has 164 valence electrons. The van der Waals surface area contributed by atoms with Crippen molar-refractivity contribution in [3.63, 3.8) is 0 Å². The number of nitrogens with zero attached hydrogens (tertiary/aromatic N) is 2. The number of hydrogen-bond acceptors (Lipinski definition) is 3. The van der Waals surface area contributed by atoms with E-state index in [9.17, 15) is 4.39 Å². The lowest BCUT2D eigenvalue weighted by Crippen LogP contribution is -2.38. The van der Waals surface area contributed by atoms with Crippen molar-refractivity contribution in [2.45, 2.75) is 26.5 Å². The van der Waals surface area contributed by atoms with Gasteiger partial charge in [-0.05, 0) is 54.8 Å². The first-order chi connectivity index (χ1) is 14.7. The summed E-state index contributed by atoms with van der Waals surface area (Å²) in [6, 6.07) is 20.5. The third-order valence-electron chi connectivity index (χ3n) is 4.42. The summed E-state index contributed by atoms with van der Waals surface area (Å²) in [7, 11) is 0. The fourth-order valence-electron chi connectivity index (χ4n) is 2.90. The molecule has 2 aromatic carbocycles. The number of aliphatic imine (C=N–C) groups is 1. The van der Waals surface area contributed by atoms with Crippen LogP contribution in [0.2, 0.25) is 0 Å². The molecule has 0 atom stereocenters. The van der Waals surface area contributed by atoms with E-state index in [2.05, 4.69) is 20.6 Å². The molecule has 0 bridgehead atoms. The zero-order chi connectivity index (χ0) is 21.0. The predicted octanol–water partition coefficient (Wildman–Crippen LogP) is 4.72. The van der Waals surface area contributed by atoms with Crippen LogP contribution in [-0.4, -0.2) is 24.0 Å². The highest BCUT2D eigenvalue weighted by Crippen LogP contribution is 2.15. The quantitative estimate of drug-likeness (QED) is 0.237. The first-order valence-corrected chi connectivity index (χ1v) is 10.1. The minimum atomic E-state index is -0.177. The third kappa shape index (κ3) is 8.53. The Labute approximate surface area is 200 Å². The Hall–Kier alpha value is -2.68. The Kier molecular flexibility index (Phi) is 10.8. The molecule has 0 aliphatic heterocycles. The van der Waals surface area contributed by atoms with Crippen LogP contribution in [0.4, 0.5) is 4.39 Å². The minimum absolute atomic E-state index is 0. The summed E-state index contributed by atoms with van der Waals surface area (Å²) in [6.07, 6.45) is 2.35. The van der Waals surface area contributed by atoms with Crippen molar-refractivity contribution in [1.82, 2.24) is 15.6 Å². The molecule has 0 unspecified atom stereocenters. The van der Waals surface area contributed by atoms with Gasteiger partial charge in [-0.2, -0.15) is 0 Å². The van der Waals surface area contributed by atoms with Crippen LogP contribution in [0, 0.1) is 5.82 Å². The van der Waals surface area contributed by atoms with E-state index < -0.39 is 0 Å². The van der Waals surface area contributed by atoms with Crippen LogP contribution in [0.1, 0.15) is 23.7 Å². The van der Waals surface area contributed by atoms with Gasteiger partial charge < -0.3 is 15.4 Å². The monoisotopic (exact) mass is 534 g/mol. The summed E-state index contributed by atoms with van der Waals surface area (Å²) < 4.78 is 19.6. The molecular weight excluding hydrogens is 506 g/mol. The van der Waals surface area contributed by atoms with Crippen LogP contribution < -0.4 is 15.4 Å². The van der Waals surface area contributed by atoms with Gasteiger partial charge in [-0.15, -0.1) is 24.0 Å². The van der Waals surface area contributed by atoms with Crippen molar-refractivity contribution >= 4 is 29.9 Å². The topological polar surface area (TPSA) is 58.5 Å². The van der Waals surface area contributed by atoms with Crippen molar-refractivity contribution in [2.24, 2.45) is 4.99 Å². The zero-order valence-electron chi connectivity index (χ0n) is 17.6. The van der Waals surface area contributed by atoms with Crippen LogP contribution >= 0.6 is 24.0 Å². The van der Waals surface area contributed by atoms with E-state index in [1.165, 1.54) is 6.07 Å². The average molecular weight is 534 g/mol. The molecule has 0 fully saturated rings. The molecule has 3 aromatic rings. The minimum Gasteiger partial charge on any atom is -0.487 e. The SMILES string of the molecule is CCNC(=NCc1cccc(OCc2ccccn2)c1)NCCc1ccccc1F.I. The van der Waals surface area contributed by atoms with E-state index in [0.29, 0.717) is 37.6 Å². The summed E-state index contributed by atoms with van der Waals surface area (Å²) in [5.74, 6) is 1.31. The van der Waals surface area contributed by atoms with Gasteiger partial charge in [0.1, 0.15) is 18.2 Å². The Bertz CT molecular complexity index is 953. The molecule has 1 aromatic heterocycles. The maximum Gasteiger partial charge on any atom is 0.191 e. The summed E-state index contributed by atoms with van der Waals surface area (Å²) in [5, 5.41) is 6.48. The summed E-state index contributed by atoms with van der Waals surface area (Å²) >= 11 is 0. The zero-order valence-corrected chi connectivity index (χ0v) is 19.9. The van der Waals surface area contributed by atoms with Crippen LogP contribution in [-0.2, 0) is 19.6 Å². The number of guanidine groups is 1. The molecule has 3 rings (SSSR count). The normalized spacial score (nSPS) is 10.8. The lowest BCUT2D eigenvalue weighted by molar-refractivity contribution is 0.301. The molecule has 5 nitrogen and oxygen atoms in total. The van der Waals surface area contributed by atoms with Gasteiger partial charge in [-0.25, -0.2) is 9.38 Å². The Morgan fingerprint density at radius 1 is 1.03 bits per heavy atom. The molecule has 0 amide bonds. The second kappa shape index (κ2) is 13.6. The third-order valence-corrected chi connectivity index (χ3v) is 4.42. The van der Waals surface area contributed by atoms with E-state index >= 15 is 0 Å². The Morgan fingerprint density at radius 2 is 1.87 bits per heavy atom. The number of aromatic nitrogens is 1. The number of pyridine rings is 1. The highest BCUT2D eigenvalue weighted by molar-refractivity contribution is 14.0. The van der Waals surface area contributed by atoms with E-state index in [4.69, 9.17) is 4.74 Å². The largest absolute Gasteiger partial charge is 0.487 e. The first-order valence-electron chi connectivity index (χ1n) is 10.1. The van der Waals surface area contributed by atoms with Gasteiger partial charge in [0.2, 0.25) is 0 Å². The van der Waals surface area contributed by atoms with Crippen molar-refractivity contribution in [3.05, 3.63) is 95.6 Å². The maximum atomic E-state index is 13.8. The van der Waals surface area contributed by atoms with Crippen molar-refractivity contribution in [2.75, 3.05) is 13.1 Å². The second-order valence-corrected chi connectivity index (χ2v) is 6.72. The highest BCUT2D eigenvalue weighted by Gasteiger charge is 2.03. The van der Waals surface area contributed by atoms with Gasteiger partial charge >= 0.3 is 0 Å². The van der Waals surface area contributed by atoms with Crippen molar-refractivity contribution in [3.8, 4) is 5.75 Å². The number of nitrogens with one attached hydrogen (secondary N) is 2. The van der Waals surface area contributed by atoms with Crippen LogP contribution in [0.15, 0.2) is 77.9 Å². The lowest BCUT2D eigenvalue weighted by Gasteiger charge is -2.12. The predicted molar refractivity (Wildman–Crippen MR) is 133 cm³/mol. The summed E-state index contributed by atoms with van der Waals surface area (Å²) in [6.45, 7) is 4.29. The average Bonchev–Trinajstić information content (AvgIpc) is 2.78. The lowest BCUT2D eigenvalue weighted by atomic mass is 10.1. The van der Waals surface area contributed by atoms with Crippen LogP contribution in [0.5, 0.6) is 5.75 Å². The maximum absolute atomic E-state index is 13.8. The van der Waals surface area contributed by atoms with Gasteiger partial charge in [0.25, 0.3) is 0 Å². The number of hydrogen-bond donors (Lipinski definition) is 2. The number of rotatable bonds is 9. The van der Waals surface area contributed by atoms with Crippen molar-refractivity contribution < 1.29 is 9.13 Å². The molecule has 0 radical (unpaired) electrons. The van der Waals surface area contributed by atoms with E-state index in [1.54, 1.807) is 18.3 Å². The van der Waals surface area contributed by atoms with Crippen molar-refractivity contribution in [1.29, 1.82) is 0 Å². The van der Waals surface area contributed by atoms with Gasteiger partial charge in [0, 0.05) is 19.3 Å². The number of ether oxygens (including phenoxy) is 1. The number of benzene rings is 2. The van der Waals surface area contributed by atoms with Gasteiger partial charge in [-0.1, -0.05) is 36.4 Å². The summed E-state index contributed by atoms with van der Waals surface area (Å²) in [5.41, 5.74) is 2.62. The molecule has 0 saturated carbocycles. The molecule has 0 saturated heterocycles. The van der Waals surface area contributed by atoms with Crippen LogP contribution in [0.25, 0.3) is 0 Å². The molecular formula is C24H28FIN4O. The fourth-order valence-corrected chi connectivity index (χ4v) is 2.90. The number of halogens is 2. The molecule has 31 heavy (non-hydrogen) atoms. The van der Waals surface area contributed by atoms with E-state index in [1.807, 2.05) is 55.5 Å². The molecule has 7 heteroatoms. The van der Waals surface area contributed by atoms with Gasteiger partial charge in [-0.3, -0.25) is 4.98 Å². The Balaban J connectivity index is 0.00000341. The molecule has 1 heterocycles. The second-order valence-electron chi connectivity index (χ2n) is 6.72. The first kappa shape index (κ1) is 24.6. The standard InChI is InChI=1S/C24H27FN4O.HI/c1-2-26-24(28-15-13-20-9-3-4-12-23(20)25)29-17-19-8-7-11-22(16-19)30-18-21-10-5-6-14-27-21;/h3-12,14,16H,2,13,15,17-18H2,1H3,(H2,26,28,29);1H. The molecule has 0 aliphatic carbocycles. The summed E-state index contributed by atoms with van der Waals surface area (Å²) in [4.78, 5) is 8.89. The van der Waals surface area contributed by atoms with E-state index in [0.717, 1.165) is 23.6 Å². The van der Waals surface area contributed by atoms with Gasteiger partial charge in [0.15, 0.2) is 5.96 Å². The highest BCUT2D eigenvalue weighted by atomic mass is 127. The van der Waals surface area contributed by atoms with Gasteiger partial charge in [0.05, 0.1) is 12.2 Å². The molecule has 0 spiro atoms. The molecule has 0 aliphatic rings. The van der Waals surface area contributed by atoms with Crippen LogP contribution in [0.3, 0.4) is 0 Å².